The number of phenols is 1. The van der Waals surface area contributed by atoms with Crippen molar-refractivity contribution in [2.75, 3.05) is 7.11 Å². The third-order valence-corrected chi connectivity index (χ3v) is 1.37. The number of halogens is 1. The first-order chi connectivity index (χ1) is 4.74. The highest BCUT2D eigenvalue weighted by Gasteiger charge is 1.98. The van der Waals surface area contributed by atoms with Crippen molar-refractivity contribution in [1.82, 2.24) is 0 Å². The normalized spacial score (nSPS) is 9.40. The minimum atomic E-state index is -0.0533. The molecule has 0 aromatic heterocycles. The van der Waals surface area contributed by atoms with Crippen LogP contribution in [-0.2, 0) is 0 Å². The van der Waals surface area contributed by atoms with Crippen molar-refractivity contribution in [2.24, 2.45) is 0 Å². The van der Waals surface area contributed by atoms with Gasteiger partial charge >= 0.3 is 0 Å². The molecule has 1 radical (unpaired) electrons. The molecule has 10 heavy (non-hydrogen) atoms. The van der Waals surface area contributed by atoms with E-state index in [-0.39, 0.29) is 10.8 Å². The van der Waals surface area contributed by atoms with Crippen molar-refractivity contribution in [3.05, 3.63) is 23.2 Å². The van der Waals surface area contributed by atoms with Crippen LogP contribution in [0.4, 0.5) is 0 Å². The Kier molecular flexibility index (Phi) is 2.02. The van der Waals surface area contributed by atoms with Crippen LogP contribution in [0.25, 0.3) is 0 Å². The molecule has 0 aliphatic rings. The Morgan fingerprint density at radius 3 is 2.90 bits per heavy atom. The number of aromatic hydroxyl groups is 1. The molecule has 53 valence electrons. The number of phenolic OH excluding ortho intramolecular Hbond substituents is 1. The molecule has 3 heteroatoms. The highest BCUT2D eigenvalue weighted by atomic mass is 35.5. The molecule has 0 atom stereocenters. The fraction of sp³-hybridized carbons (Fsp3) is 0.143. The van der Waals surface area contributed by atoms with E-state index in [1.165, 1.54) is 19.2 Å². The van der Waals surface area contributed by atoms with Crippen molar-refractivity contribution in [3.8, 4) is 11.5 Å². The van der Waals surface area contributed by atoms with Gasteiger partial charge in [0.15, 0.2) is 0 Å². The summed E-state index contributed by atoms with van der Waals surface area (Å²) in [6, 6.07) is 5.55. The Labute approximate surface area is 64.0 Å². The smallest absolute Gasteiger partial charge is 0.142 e. The van der Waals surface area contributed by atoms with Crippen LogP contribution in [0.3, 0.4) is 0 Å². The zero-order chi connectivity index (χ0) is 7.56. The van der Waals surface area contributed by atoms with E-state index in [2.05, 4.69) is 6.07 Å². The van der Waals surface area contributed by atoms with E-state index in [9.17, 15) is 0 Å². The Morgan fingerprint density at radius 2 is 2.40 bits per heavy atom. The summed E-state index contributed by atoms with van der Waals surface area (Å²) in [5.74, 6) is 0.533. The molecule has 0 heterocycles. The van der Waals surface area contributed by atoms with Gasteiger partial charge in [-0.15, -0.1) is 0 Å². The quantitative estimate of drug-likeness (QED) is 0.674. The van der Waals surface area contributed by atoms with Gasteiger partial charge in [-0.2, -0.15) is 0 Å². The Morgan fingerprint density at radius 1 is 1.70 bits per heavy atom. The van der Waals surface area contributed by atoms with Crippen LogP contribution in [-0.4, -0.2) is 12.2 Å². The largest absolute Gasteiger partial charge is 0.506 e. The van der Waals surface area contributed by atoms with E-state index >= 15 is 0 Å². The SMILES string of the molecule is COc1c[c]c(O)c(Cl)c1. The minimum Gasteiger partial charge on any atom is -0.506 e. The first kappa shape index (κ1) is 7.22. The Hall–Kier alpha value is -0.890. The van der Waals surface area contributed by atoms with Crippen LogP contribution in [0.1, 0.15) is 0 Å². The predicted molar refractivity (Wildman–Crippen MR) is 38.5 cm³/mol. The predicted octanol–water partition coefficient (Wildman–Crippen LogP) is 1.85. The van der Waals surface area contributed by atoms with Gasteiger partial charge in [0.05, 0.1) is 12.1 Å². The molecule has 0 amide bonds. The van der Waals surface area contributed by atoms with Gasteiger partial charge in [0.1, 0.15) is 11.5 Å². The zero-order valence-electron chi connectivity index (χ0n) is 5.39. The average molecular weight is 158 g/mol. The summed E-state index contributed by atoms with van der Waals surface area (Å²) >= 11 is 5.53. The summed E-state index contributed by atoms with van der Waals surface area (Å²) < 4.78 is 4.82. The Balaban J connectivity index is 3.04. The monoisotopic (exact) mass is 157 g/mol. The molecule has 1 aromatic rings. The summed E-state index contributed by atoms with van der Waals surface area (Å²) in [6.45, 7) is 0. The van der Waals surface area contributed by atoms with Crippen LogP contribution in [0, 0.1) is 6.07 Å². The standard InChI is InChI=1S/C7H6ClO2/c1-10-5-2-3-7(9)6(8)4-5/h2,4,9H,1H3. The van der Waals surface area contributed by atoms with Gasteiger partial charge in [0.2, 0.25) is 0 Å². The second-order valence-electron chi connectivity index (χ2n) is 1.74. The van der Waals surface area contributed by atoms with Crippen molar-refractivity contribution in [3.63, 3.8) is 0 Å². The maximum atomic E-state index is 8.90. The molecule has 0 spiro atoms. The molecular weight excluding hydrogens is 152 g/mol. The number of rotatable bonds is 1. The van der Waals surface area contributed by atoms with Gasteiger partial charge in [0.25, 0.3) is 0 Å². The van der Waals surface area contributed by atoms with Gasteiger partial charge in [0, 0.05) is 12.1 Å². The molecule has 0 bridgehead atoms. The lowest BCUT2D eigenvalue weighted by Crippen LogP contribution is -1.81. The lowest BCUT2D eigenvalue weighted by molar-refractivity contribution is 0.412. The highest BCUT2D eigenvalue weighted by molar-refractivity contribution is 6.32. The number of methoxy groups -OCH3 is 1. The van der Waals surface area contributed by atoms with E-state index in [0.717, 1.165) is 0 Å². The molecule has 0 fully saturated rings. The van der Waals surface area contributed by atoms with Gasteiger partial charge in [-0.1, -0.05) is 11.6 Å². The van der Waals surface area contributed by atoms with Crippen molar-refractivity contribution in [2.45, 2.75) is 0 Å². The zero-order valence-corrected chi connectivity index (χ0v) is 6.14. The number of benzene rings is 1. The molecule has 0 unspecified atom stereocenters. The summed E-state index contributed by atoms with van der Waals surface area (Å²) in [5, 5.41) is 9.15. The second-order valence-corrected chi connectivity index (χ2v) is 2.14. The number of ether oxygens (including phenoxy) is 1. The molecule has 0 aliphatic carbocycles. The fourth-order valence-corrected chi connectivity index (χ4v) is 0.723. The van der Waals surface area contributed by atoms with Gasteiger partial charge in [-0.3, -0.25) is 0 Å². The van der Waals surface area contributed by atoms with E-state index in [1.807, 2.05) is 0 Å². The molecule has 1 N–H and O–H groups in total. The molecule has 1 rings (SSSR count). The van der Waals surface area contributed by atoms with E-state index in [0.29, 0.717) is 5.75 Å². The molecular formula is C7H6ClO2. The van der Waals surface area contributed by atoms with Crippen LogP contribution in [0.5, 0.6) is 11.5 Å². The lowest BCUT2D eigenvalue weighted by atomic mass is 10.3. The third-order valence-electron chi connectivity index (χ3n) is 1.08. The third kappa shape index (κ3) is 1.33. The van der Waals surface area contributed by atoms with E-state index in [4.69, 9.17) is 21.4 Å². The molecule has 0 saturated carbocycles. The maximum Gasteiger partial charge on any atom is 0.142 e. The molecule has 0 saturated heterocycles. The van der Waals surface area contributed by atoms with Crippen LogP contribution >= 0.6 is 11.6 Å². The molecule has 2 nitrogen and oxygen atoms in total. The topological polar surface area (TPSA) is 29.5 Å². The number of hydrogen-bond acceptors (Lipinski definition) is 2. The van der Waals surface area contributed by atoms with Crippen molar-refractivity contribution in [1.29, 1.82) is 0 Å². The van der Waals surface area contributed by atoms with Crippen LogP contribution in [0.15, 0.2) is 12.1 Å². The van der Waals surface area contributed by atoms with Crippen molar-refractivity contribution >= 4 is 11.6 Å². The van der Waals surface area contributed by atoms with Crippen LogP contribution < -0.4 is 4.74 Å². The number of hydrogen-bond donors (Lipinski definition) is 1. The van der Waals surface area contributed by atoms with E-state index < -0.39 is 0 Å². The lowest BCUT2D eigenvalue weighted by Gasteiger charge is -1.99. The first-order valence-corrected chi connectivity index (χ1v) is 3.06. The highest BCUT2D eigenvalue weighted by Crippen LogP contribution is 2.26. The average Bonchev–Trinajstić information content (AvgIpc) is 1.95. The fourth-order valence-electron chi connectivity index (χ4n) is 0.561. The van der Waals surface area contributed by atoms with Crippen LogP contribution in [0.2, 0.25) is 5.02 Å². The minimum absolute atomic E-state index is 0.0533. The summed E-state index contributed by atoms with van der Waals surface area (Å²) in [5.41, 5.74) is 0. The van der Waals surface area contributed by atoms with Gasteiger partial charge in [-0.05, 0) is 6.07 Å². The second kappa shape index (κ2) is 2.80. The van der Waals surface area contributed by atoms with Crippen molar-refractivity contribution < 1.29 is 9.84 Å². The summed E-state index contributed by atoms with van der Waals surface area (Å²) in [4.78, 5) is 0. The van der Waals surface area contributed by atoms with Gasteiger partial charge in [-0.25, -0.2) is 0 Å². The first-order valence-electron chi connectivity index (χ1n) is 2.68. The van der Waals surface area contributed by atoms with Gasteiger partial charge < -0.3 is 9.84 Å². The maximum absolute atomic E-state index is 8.90. The molecule has 1 aromatic carbocycles. The summed E-state index contributed by atoms with van der Waals surface area (Å²) in [6.07, 6.45) is 0. The van der Waals surface area contributed by atoms with E-state index in [1.54, 1.807) is 0 Å². The Bertz CT molecular complexity index is 235. The molecule has 0 aliphatic heterocycles. The summed E-state index contributed by atoms with van der Waals surface area (Å²) in [7, 11) is 1.52.